The minimum Gasteiger partial charge on any atom is -0.478 e. The van der Waals surface area contributed by atoms with Crippen LogP contribution in [0.25, 0.3) is 0 Å². The third kappa shape index (κ3) is 3.11. The molecule has 98 valence electrons. The van der Waals surface area contributed by atoms with E-state index in [2.05, 4.69) is 15.3 Å². The smallest absolute Gasteiger partial charge is 0.335 e. The third-order valence-electron chi connectivity index (χ3n) is 2.34. The predicted molar refractivity (Wildman–Crippen MR) is 71.3 cm³/mol. The molecule has 0 aliphatic heterocycles. The molecule has 0 amide bonds. The molecule has 2 aromatic rings. The van der Waals surface area contributed by atoms with E-state index in [1.165, 1.54) is 24.3 Å². The number of H-pyrrole nitrogens is 1. The summed E-state index contributed by atoms with van der Waals surface area (Å²) in [6.07, 6.45) is 0. The van der Waals surface area contributed by atoms with E-state index in [-0.39, 0.29) is 16.1 Å². The number of aromatic nitrogens is 2. The summed E-state index contributed by atoms with van der Waals surface area (Å²) >= 11 is 5.96. The lowest BCUT2D eigenvalue weighted by Crippen LogP contribution is -2.10. The summed E-state index contributed by atoms with van der Waals surface area (Å²) in [6.45, 7) is 1.65. The van der Waals surface area contributed by atoms with Gasteiger partial charge in [0, 0.05) is 6.07 Å². The second-order valence-electron chi connectivity index (χ2n) is 3.84. The van der Waals surface area contributed by atoms with Gasteiger partial charge in [-0.15, -0.1) is 0 Å². The Morgan fingerprint density at radius 2 is 2.16 bits per heavy atom. The number of rotatable bonds is 3. The molecule has 0 aliphatic rings. The summed E-state index contributed by atoms with van der Waals surface area (Å²) in [6, 6.07) is 5.54. The molecule has 0 unspecified atom stereocenters. The van der Waals surface area contributed by atoms with Crippen molar-refractivity contribution in [1.82, 2.24) is 9.97 Å². The van der Waals surface area contributed by atoms with Gasteiger partial charge in [-0.3, -0.25) is 4.79 Å². The molecule has 0 bridgehead atoms. The highest BCUT2D eigenvalue weighted by Crippen LogP contribution is 2.25. The molecule has 1 heterocycles. The van der Waals surface area contributed by atoms with Gasteiger partial charge in [0.25, 0.3) is 5.56 Å². The molecule has 0 atom stereocenters. The molecule has 0 spiro atoms. The lowest BCUT2D eigenvalue weighted by atomic mass is 10.2. The van der Waals surface area contributed by atoms with Crippen molar-refractivity contribution < 1.29 is 9.90 Å². The molecule has 0 saturated heterocycles. The molecule has 1 aromatic heterocycles. The molecule has 2 rings (SSSR count). The summed E-state index contributed by atoms with van der Waals surface area (Å²) in [5.41, 5.74) is 0.281. The van der Waals surface area contributed by atoms with Gasteiger partial charge in [-0.25, -0.2) is 9.78 Å². The van der Waals surface area contributed by atoms with Crippen LogP contribution in [-0.2, 0) is 0 Å². The Bertz CT molecular complexity index is 697. The number of nitrogens with zero attached hydrogens (tertiary/aromatic N) is 1. The largest absolute Gasteiger partial charge is 0.478 e. The quantitative estimate of drug-likeness (QED) is 0.800. The Morgan fingerprint density at radius 1 is 1.42 bits per heavy atom. The third-order valence-corrected chi connectivity index (χ3v) is 2.65. The van der Waals surface area contributed by atoms with Gasteiger partial charge in [0.1, 0.15) is 11.6 Å². The molecule has 0 radical (unpaired) electrons. The molecular formula is C12H10ClN3O3. The lowest BCUT2D eigenvalue weighted by molar-refractivity contribution is 0.0697. The summed E-state index contributed by atoms with van der Waals surface area (Å²) in [5, 5.41) is 11.9. The maximum Gasteiger partial charge on any atom is 0.335 e. The van der Waals surface area contributed by atoms with Crippen molar-refractivity contribution in [1.29, 1.82) is 0 Å². The number of hydrogen-bond acceptors (Lipinski definition) is 4. The zero-order valence-electron chi connectivity index (χ0n) is 9.90. The number of carboxylic acid groups (broad SMARTS) is 1. The first-order chi connectivity index (χ1) is 8.95. The molecule has 0 saturated carbocycles. The number of aryl methyl sites for hydroxylation is 1. The van der Waals surface area contributed by atoms with Crippen LogP contribution in [0.4, 0.5) is 11.5 Å². The SMILES string of the molecule is Cc1nc(Nc2ccc(C(=O)O)cc2Cl)cc(=O)[nH]1. The number of carbonyl (C=O) groups is 1. The van der Waals surface area contributed by atoms with Crippen LogP contribution < -0.4 is 10.9 Å². The Hall–Kier alpha value is -2.34. The van der Waals surface area contributed by atoms with E-state index in [4.69, 9.17) is 16.7 Å². The first-order valence-electron chi connectivity index (χ1n) is 5.33. The van der Waals surface area contributed by atoms with E-state index in [9.17, 15) is 9.59 Å². The Labute approximate surface area is 113 Å². The number of aromatic amines is 1. The van der Waals surface area contributed by atoms with Crippen molar-refractivity contribution in [2.75, 3.05) is 5.32 Å². The normalized spacial score (nSPS) is 10.2. The van der Waals surface area contributed by atoms with Crippen LogP contribution in [0.15, 0.2) is 29.1 Å². The van der Waals surface area contributed by atoms with Gasteiger partial charge in [-0.1, -0.05) is 11.6 Å². The number of benzene rings is 1. The standard InChI is InChI=1S/C12H10ClN3O3/c1-6-14-10(5-11(17)15-6)16-9-3-2-7(12(18)19)4-8(9)13/h2-5H,1H3,(H,18,19)(H2,14,15,16,17). The van der Waals surface area contributed by atoms with E-state index >= 15 is 0 Å². The summed E-state index contributed by atoms with van der Waals surface area (Å²) in [7, 11) is 0. The van der Waals surface area contributed by atoms with Gasteiger partial charge >= 0.3 is 5.97 Å². The first-order valence-corrected chi connectivity index (χ1v) is 5.71. The summed E-state index contributed by atoms with van der Waals surface area (Å²) in [4.78, 5) is 28.7. The van der Waals surface area contributed by atoms with E-state index in [1.54, 1.807) is 6.92 Å². The average Bonchev–Trinajstić information content (AvgIpc) is 2.30. The Balaban J connectivity index is 2.33. The van der Waals surface area contributed by atoms with Crippen molar-refractivity contribution in [3.8, 4) is 0 Å². The van der Waals surface area contributed by atoms with Crippen molar-refractivity contribution in [2.45, 2.75) is 6.92 Å². The minimum atomic E-state index is -1.06. The number of anilines is 2. The second kappa shape index (κ2) is 5.11. The van der Waals surface area contributed by atoms with Gasteiger partial charge in [0.2, 0.25) is 0 Å². The van der Waals surface area contributed by atoms with Crippen molar-refractivity contribution >= 4 is 29.1 Å². The number of halogens is 1. The van der Waals surface area contributed by atoms with Crippen LogP contribution in [-0.4, -0.2) is 21.0 Å². The maximum atomic E-state index is 11.3. The highest BCUT2D eigenvalue weighted by atomic mass is 35.5. The van der Waals surface area contributed by atoms with Crippen LogP contribution in [0.1, 0.15) is 16.2 Å². The monoisotopic (exact) mass is 279 g/mol. The topological polar surface area (TPSA) is 95.1 Å². The average molecular weight is 280 g/mol. The number of hydrogen-bond donors (Lipinski definition) is 3. The van der Waals surface area contributed by atoms with Crippen LogP contribution >= 0.6 is 11.6 Å². The van der Waals surface area contributed by atoms with Gasteiger partial charge in [0.15, 0.2) is 0 Å². The van der Waals surface area contributed by atoms with Gasteiger partial charge in [-0.05, 0) is 25.1 Å². The van der Waals surface area contributed by atoms with Crippen LogP contribution in [0.3, 0.4) is 0 Å². The Morgan fingerprint density at radius 3 is 2.74 bits per heavy atom. The van der Waals surface area contributed by atoms with Crippen molar-refractivity contribution in [2.24, 2.45) is 0 Å². The number of carboxylic acids is 1. The van der Waals surface area contributed by atoms with Gasteiger partial charge in [-0.2, -0.15) is 0 Å². The van der Waals surface area contributed by atoms with E-state index in [0.717, 1.165) is 0 Å². The van der Waals surface area contributed by atoms with Crippen LogP contribution in [0.5, 0.6) is 0 Å². The molecule has 3 N–H and O–H groups in total. The fourth-order valence-corrected chi connectivity index (χ4v) is 1.76. The Kier molecular flexibility index (Phi) is 3.52. The minimum absolute atomic E-state index is 0.0885. The van der Waals surface area contributed by atoms with Gasteiger partial charge in [0.05, 0.1) is 16.3 Å². The zero-order valence-corrected chi connectivity index (χ0v) is 10.7. The van der Waals surface area contributed by atoms with Crippen LogP contribution in [0, 0.1) is 6.92 Å². The van der Waals surface area contributed by atoms with Crippen molar-refractivity contribution in [3.05, 3.63) is 51.0 Å². The molecule has 7 heteroatoms. The highest BCUT2D eigenvalue weighted by Gasteiger charge is 2.08. The van der Waals surface area contributed by atoms with Crippen LogP contribution in [0.2, 0.25) is 5.02 Å². The molecule has 6 nitrogen and oxygen atoms in total. The predicted octanol–water partition coefficient (Wildman–Crippen LogP) is 2.17. The second-order valence-corrected chi connectivity index (χ2v) is 4.25. The highest BCUT2D eigenvalue weighted by molar-refractivity contribution is 6.33. The lowest BCUT2D eigenvalue weighted by Gasteiger charge is -2.08. The fourth-order valence-electron chi connectivity index (χ4n) is 1.53. The number of aromatic carboxylic acids is 1. The maximum absolute atomic E-state index is 11.3. The number of nitrogens with one attached hydrogen (secondary N) is 2. The van der Waals surface area contributed by atoms with E-state index in [1.807, 2.05) is 0 Å². The first kappa shape index (κ1) is 13.1. The zero-order chi connectivity index (χ0) is 14.0. The van der Waals surface area contributed by atoms with Gasteiger partial charge < -0.3 is 15.4 Å². The molecule has 19 heavy (non-hydrogen) atoms. The summed E-state index contributed by atoms with van der Waals surface area (Å²) < 4.78 is 0. The molecule has 0 fully saturated rings. The molecular weight excluding hydrogens is 270 g/mol. The fraction of sp³-hybridized carbons (Fsp3) is 0.0833. The van der Waals surface area contributed by atoms with E-state index in [0.29, 0.717) is 17.3 Å². The van der Waals surface area contributed by atoms with E-state index < -0.39 is 5.97 Å². The summed E-state index contributed by atoms with van der Waals surface area (Å²) in [5.74, 6) is -0.252. The molecule has 1 aromatic carbocycles. The molecule has 0 aliphatic carbocycles. The van der Waals surface area contributed by atoms with Crippen molar-refractivity contribution in [3.63, 3.8) is 0 Å².